The van der Waals surface area contributed by atoms with Crippen molar-refractivity contribution in [3.63, 3.8) is 0 Å². The Kier molecular flexibility index (Phi) is 5.99. The lowest BCUT2D eigenvalue weighted by atomic mass is 9.95. The Labute approximate surface area is 144 Å². The van der Waals surface area contributed by atoms with Crippen LogP contribution < -0.4 is 16.4 Å². The molecule has 0 bridgehead atoms. The van der Waals surface area contributed by atoms with Crippen LogP contribution in [0, 0.1) is 11.3 Å². The first-order valence-electron chi connectivity index (χ1n) is 8.69. The molecular formula is C19H29N3O2. The molecule has 0 radical (unpaired) electrons. The molecule has 1 aromatic carbocycles. The molecule has 5 heteroatoms. The lowest BCUT2D eigenvalue weighted by Crippen LogP contribution is -2.39. The van der Waals surface area contributed by atoms with E-state index in [1.807, 2.05) is 32.9 Å². The van der Waals surface area contributed by atoms with Crippen LogP contribution in [-0.2, 0) is 11.3 Å². The van der Waals surface area contributed by atoms with Gasteiger partial charge < -0.3 is 16.4 Å². The summed E-state index contributed by atoms with van der Waals surface area (Å²) in [5.41, 5.74) is 6.98. The monoisotopic (exact) mass is 331 g/mol. The Morgan fingerprint density at radius 3 is 2.42 bits per heavy atom. The van der Waals surface area contributed by atoms with Gasteiger partial charge in [-0.15, -0.1) is 0 Å². The highest BCUT2D eigenvalue weighted by Crippen LogP contribution is 2.24. The maximum Gasteiger partial charge on any atom is 0.251 e. The third-order valence-electron chi connectivity index (χ3n) is 4.63. The lowest BCUT2D eigenvalue weighted by Gasteiger charge is -2.19. The Morgan fingerprint density at radius 1 is 1.17 bits per heavy atom. The van der Waals surface area contributed by atoms with Gasteiger partial charge in [0.2, 0.25) is 5.91 Å². The zero-order valence-corrected chi connectivity index (χ0v) is 14.9. The van der Waals surface area contributed by atoms with Gasteiger partial charge in [0, 0.05) is 23.6 Å². The van der Waals surface area contributed by atoms with E-state index in [0.29, 0.717) is 24.6 Å². The third kappa shape index (κ3) is 4.81. The van der Waals surface area contributed by atoms with Gasteiger partial charge in [0.1, 0.15) is 0 Å². The van der Waals surface area contributed by atoms with E-state index < -0.39 is 5.41 Å². The second kappa shape index (κ2) is 7.79. The van der Waals surface area contributed by atoms with Crippen LogP contribution in [0.4, 0.5) is 0 Å². The van der Waals surface area contributed by atoms with Crippen LogP contribution in [0.5, 0.6) is 0 Å². The zero-order chi connectivity index (χ0) is 17.7. The molecule has 1 aliphatic carbocycles. The molecule has 0 spiro atoms. The maximum absolute atomic E-state index is 12.3. The second-order valence-corrected chi connectivity index (χ2v) is 7.64. The van der Waals surface area contributed by atoms with E-state index in [2.05, 4.69) is 10.6 Å². The summed E-state index contributed by atoms with van der Waals surface area (Å²) in [6.45, 7) is 6.74. The predicted molar refractivity (Wildman–Crippen MR) is 95.4 cm³/mol. The zero-order valence-electron chi connectivity index (χ0n) is 14.9. The van der Waals surface area contributed by atoms with Crippen LogP contribution in [0.25, 0.3) is 0 Å². The van der Waals surface area contributed by atoms with Gasteiger partial charge >= 0.3 is 0 Å². The molecule has 0 aromatic heterocycles. The Morgan fingerprint density at radius 2 is 1.83 bits per heavy atom. The molecule has 5 nitrogen and oxygen atoms in total. The smallest absolute Gasteiger partial charge is 0.251 e. The predicted octanol–water partition coefficient (Wildman–Crippen LogP) is 2.21. The molecule has 2 amide bonds. The molecule has 2 atom stereocenters. The van der Waals surface area contributed by atoms with Crippen molar-refractivity contribution in [3.05, 3.63) is 35.4 Å². The van der Waals surface area contributed by atoms with Crippen molar-refractivity contribution in [1.29, 1.82) is 0 Å². The molecule has 0 saturated heterocycles. The first kappa shape index (κ1) is 18.5. The highest BCUT2D eigenvalue weighted by molar-refractivity contribution is 5.94. The van der Waals surface area contributed by atoms with Crippen LogP contribution in [0.15, 0.2) is 24.3 Å². The minimum Gasteiger partial charge on any atom is -0.352 e. The average molecular weight is 331 g/mol. The Hall–Kier alpha value is -1.88. The van der Waals surface area contributed by atoms with E-state index in [1.165, 1.54) is 0 Å². The summed E-state index contributed by atoms with van der Waals surface area (Å²) in [6.07, 6.45) is 3.22. The molecule has 1 saturated carbocycles. The fraction of sp³-hybridized carbons (Fsp3) is 0.579. The van der Waals surface area contributed by atoms with E-state index >= 15 is 0 Å². The summed E-state index contributed by atoms with van der Waals surface area (Å²) in [5, 5.41) is 6.00. The van der Waals surface area contributed by atoms with Gasteiger partial charge in [0.15, 0.2) is 0 Å². The van der Waals surface area contributed by atoms with Gasteiger partial charge in [-0.2, -0.15) is 0 Å². The number of nitrogens with one attached hydrogen (secondary N) is 2. The van der Waals surface area contributed by atoms with Crippen molar-refractivity contribution in [3.8, 4) is 0 Å². The average Bonchev–Trinajstić information content (AvgIpc) is 2.99. The van der Waals surface area contributed by atoms with Crippen molar-refractivity contribution in [2.75, 3.05) is 6.54 Å². The number of nitrogens with two attached hydrogens (primary N) is 1. The number of amides is 2. The topological polar surface area (TPSA) is 84.2 Å². The molecular weight excluding hydrogens is 302 g/mol. The number of hydrogen-bond acceptors (Lipinski definition) is 3. The van der Waals surface area contributed by atoms with Crippen LogP contribution in [0.1, 0.15) is 56.0 Å². The summed E-state index contributed by atoms with van der Waals surface area (Å²) >= 11 is 0. The first-order chi connectivity index (χ1) is 11.3. The van der Waals surface area contributed by atoms with Crippen LogP contribution in [0.3, 0.4) is 0 Å². The SMILES string of the molecule is CC(C)(C)C(=O)NCc1ccc(C(=O)NC2CCCC2CN)cc1. The molecule has 4 N–H and O–H groups in total. The van der Waals surface area contributed by atoms with E-state index in [0.717, 1.165) is 24.8 Å². The van der Waals surface area contributed by atoms with Crippen LogP contribution in [0.2, 0.25) is 0 Å². The minimum absolute atomic E-state index is 0.0124. The quantitative estimate of drug-likeness (QED) is 0.773. The Balaban J connectivity index is 1.89. The summed E-state index contributed by atoms with van der Waals surface area (Å²) < 4.78 is 0. The number of rotatable bonds is 5. The van der Waals surface area contributed by atoms with Crippen molar-refractivity contribution in [1.82, 2.24) is 10.6 Å². The van der Waals surface area contributed by atoms with Crippen molar-refractivity contribution < 1.29 is 9.59 Å². The number of carbonyl (C=O) groups is 2. The molecule has 132 valence electrons. The summed E-state index contributed by atoms with van der Waals surface area (Å²) in [4.78, 5) is 24.2. The highest BCUT2D eigenvalue weighted by atomic mass is 16.2. The molecule has 1 aliphatic rings. The standard InChI is InChI=1S/C19H29N3O2/c1-19(2,3)18(24)21-12-13-7-9-14(10-8-13)17(23)22-16-6-4-5-15(16)11-20/h7-10,15-16H,4-6,11-12,20H2,1-3H3,(H,21,24)(H,22,23). The first-order valence-corrected chi connectivity index (χ1v) is 8.69. The van der Waals surface area contributed by atoms with Crippen molar-refractivity contribution >= 4 is 11.8 Å². The normalized spacial score (nSPS) is 20.7. The van der Waals surface area contributed by atoms with Crippen LogP contribution >= 0.6 is 0 Å². The van der Waals surface area contributed by atoms with E-state index in [1.54, 1.807) is 12.1 Å². The molecule has 0 heterocycles. The number of benzene rings is 1. The van der Waals surface area contributed by atoms with Gasteiger partial charge in [-0.1, -0.05) is 39.3 Å². The van der Waals surface area contributed by atoms with E-state index in [-0.39, 0.29) is 17.9 Å². The number of carbonyl (C=O) groups excluding carboxylic acids is 2. The van der Waals surface area contributed by atoms with Crippen molar-refractivity contribution in [2.45, 2.75) is 52.6 Å². The molecule has 2 rings (SSSR count). The van der Waals surface area contributed by atoms with Gasteiger partial charge in [0.25, 0.3) is 5.91 Å². The summed E-state index contributed by atoms with van der Waals surface area (Å²) in [6, 6.07) is 7.56. The second-order valence-electron chi connectivity index (χ2n) is 7.64. The molecule has 0 aliphatic heterocycles. The van der Waals surface area contributed by atoms with Crippen LogP contribution in [-0.4, -0.2) is 24.4 Å². The van der Waals surface area contributed by atoms with E-state index in [4.69, 9.17) is 5.73 Å². The highest BCUT2D eigenvalue weighted by Gasteiger charge is 2.27. The summed E-state index contributed by atoms with van der Waals surface area (Å²) in [7, 11) is 0. The van der Waals surface area contributed by atoms with Gasteiger partial charge in [-0.05, 0) is 43.0 Å². The lowest BCUT2D eigenvalue weighted by molar-refractivity contribution is -0.128. The summed E-state index contributed by atoms with van der Waals surface area (Å²) in [5.74, 6) is 0.352. The molecule has 1 aromatic rings. The molecule has 1 fully saturated rings. The minimum atomic E-state index is -0.402. The molecule has 2 unspecified atom stereocenters. The van der Waals surface area contributed by atoms with Crippen molar-refractivity contribution in [2.24, 2.45) is 17.1 Å². The molecule has 24 heavy (non-hydrogen) atoms. The number of hydrogen-bond donors (Lipinski definition) is 3. The fourth-order valence-corrected chi connectivity index (χ4v) is 2.98. The Bertz CT molecular complexity index is 575. The van der Waals surface area contributed by atoms with Gasteiger partial charge in [-0.3, -0.25) is 9.59 Å². The van der Waals surface area contributed by atoms with Gasteiger partial charge in [0.05, 0.1) is 0 Å². The third-order valence-corrected chi connectivity index (χ3v) is 4.63. The van der Waals surface area contributed by atoms with E-state index in [9.17, 15) is 9.59 Å². The largest absolute Gasteiger partial charge is 0.352 e. The fourth-order valence-electron chi connectivity index (χ4n) is 2.98. The maximum atomic E-state index is 12.3. The van der Waals surface area contributed by atoms with Gasteiger partial charge in [-0.25, -0.2) is 0 Å².